The quantitative estimate of drug-likeness (QED) is 0.841. The van der Waals surface area contributed by atoms with Crippen molar-refractivity contribution in [3.05, 3.63) is 29.8 Å². The van der Waals surface area contributed by atoms with Gasteiger partial charge in [-0.25, -0.2) is 0 Å². The van der Waals surface area contributed by atoms with E-state index in [4.69, 9.17) is 9.84 Å². The lowest BCUT2D eigenvalue weighted by Crippen LogP contribution is -2.34. The summed E-state index contributed by atoms with van der Waals surface area (Å²) in [5.74, 6) is 0.197. The van der Waals surface area contributed by atoms with Gasteiger partial charge in [-0.2, -0.15) is 0 Å². The van der Waals surface area contributed by atoms with E-state index in [1.165, 1.54) is 5.56 Å². The van der Waals surface area contributed by atoms with Crippen LogP contribution in [0.5, 0.6) is 5.75 Å². The topological polar surface area (TPSA) is 58.6 Å². The summed E-state index contributed by atoms with van der Waals surface area (Å²) in [6, 6.07) is 8.47. The number of nitrogens with one attached hydrogen (secondary N) is 1. The van der Waals surface area contributed by atoms with E-state index in [2.05, 4.69) is 11.4 Å². The Kier molecular flexibility index (Phi) is 4.20. The SMILES string of the molecule is CC(CCC(=O)O)NC1CCOc2ccccc21. The van der Waals surface area contributed by atoms with Gasteiger partial charge in [0.2, 0.25) is 0 Å². The van der Waals surface area contributed by atoms with E-state index < -0.39 is 5.97 Å². The predicted molar refractivity (Wildman–Crippen MR) is 68.8 cm³/mol. The number of para-hydroxylation sites is 1. The first-order chi connectivity index (χ1) is 8.66. The van der Waals surface area contributed by atoms with Crippen LogP contribution in [-0.2, 0) is 4.79 Å². The maximum Gasteiger partial charge on any atom is 0.303 e. The number of carboxylic acid groups (broad SMARTS) is 1. The van der Waals surface area contributed by atoms with Crippen LogP contribution < -0.4 is 10.1 Å². The molecule has 1 aliphatic heterocycles. The normalized spacial score (nSPS) is 19.7. The summed E-state index contributed by atoms with van der Waals surface area (Å²) in [6.45, 7) is 2.74. The fourth-order valence-electron chi connectivity index (χ4n) is 2.28. The van der Waals surface area contributed by atoms with Gasteiger partial charge in [0.25, 0.3) is 0 Å². The minimum Gasteiger partial charge on any atom is -0.493 e. The summed E-state index contributed by atoms with van der Waals surface area (Å²) in [4.78, 5) is 10.5. The number of fused-ring (bicyclic) bond motifs is 1. The molecule has 1 aromatic carbocycles. The molecule has 0 saturated carbocycles. The summed E-state index contributed by atoms with van der Waals surface area (Å²) in [7, 11) is 0. The molecule has 0 amide bonds. The number of ether oxygens (including phenoxy) is 1. The monoisotopic (exact) mass is 249 g/mol. The van der Waals surface area contributed by atoms with Crippen LogP contribution in [0.25, 0.3) is 0 Å². The van der Waals surface area contributed by atoms with Crippen LogP contribution in [0.1, 0.15) is 37.8 Å². The summed E-state index contributed by atoms with van der Waals surface area (Å²) in [6.07, 6.45) is 1.78. The zero-order chi connectivity index (χ0) is 13.0. The average Bonchev–Trinajstić information content (AvgIpc) is 2.37. The van der Waals surface area contributed by atoms with E-state index in [9.17, 15) is 4.79 Å². The Morgan fingerprint density at radius 3 is 3.11 bits per heavy atom. The lowest BCUT2D eigenvalue weighted by molar-refractivity contribution is -0.137. The Balaban J connectivity index is 1.96. The van der Waals surface area contributed by atoms with Crippen molar-refractivity contribution in [2.24, 2.45) is 0 Å². The van der Waals surface area contributed by atoms with Gasteiger partial charge in [-0.1, -0.05) is 18.2 Å². The molecule has 0 bridgehead atoms. The van der Waals surface area contributed by atoms with Crippen LogP contribution in [0.3, 0.4) is 0 Å². The lowest BCUT2D eigenvalue weighted by atomic mass is 9.99. The van der Waals surface area contributed by atoms with Crippen molar-refractivity contribution in [2.45, 2.75) is 38.3 Å². The second kappa shape index (κ2) is 5.87. The van der Waals surface area contributed by atoms with E-state index in [0.717, 1.165) is 12.2 Å². The smallest absolute Gasteiger partial charge is 0.303 e. The molecule has 0 fully saturated rings. The highest BCUT2D eigenvalue weighted by molar-refractivity contribution is 5.66. The zero-order valence-corrected chi connectivity index (χ0v) is 10.6. The molecule has 1 aromatic rings. The molecule has 4 nitrogen and oxygen atoms in total. The predicted octanol–water partition coefficient (Wildman–Crippen LogP) is 2.35. The fraction of sp³-hybridized carbons (Fsp3) is 0.500. The van der Waals surface area contributed by atoms with Gasteiger partial charge in [-0.15, -0.1) is 0 Å². The average molecular weight is 249 g/mol. The molecule has 98 valence electrons. The van der Waals surface area contributed by atoms with E-state index in [0.29, 0.717) is 13.0 Å². The second-order valence-corrected chi connectivity index (χ2v) is 4.73. The maximum absolute atomic E-state index is 10.5. The first-order valence-electron chi connectivity index (χ1n) is 6.36. The van der Waals surface area contributed by atoms with Crippen LogP contribution >= 0.6 is 0 Å². The van der Waals surface area contributed by atoms with Gasteiger partial charge < -0.3 is 15.2 Å². The van der Waals surface area contributed by atoms with Crippen LogP contribution in [-0.4, -0.2) is 23.7 Å². The molecule has 0 radical (unpaired) electrons. The third-order valence-corrected chi connectivity index (χ3v) is 3.24. The molecular weight excluding hydrogens is 230 g/mol. The summed E-state index contributed by atoms with van der Waals surface area (Å²) < 4.78 is 5.60. The number of aliphatic carboxylic acids is 1. The van der Waals surface area contributed by atoms with Crippen LogP contribution in [0.2, 0.25) is 0 Å². The van der Waals surface area contributed by atoms with Crippen molar-refractivity contribution in [1.82, 2.24) is 5.32 Å². The second-order valence-electron chi connectivity index (χ2n) is 4.73. The van der Waals surface area contributed by atoms with Crippen molar-refractivity contribution in [2.75, 3.05) is 6.61 Å². The third kappa shape index (κ3) is 3.23. The zero-order valence-electron chi connectivity index (χ0n) is 10.6. The molecule has 0 spiro atoms. The van der Waals surface area contributed by atoms with Gasteiger partial charge in [0.1, 0.15) is 5.75 Å². The number of rotatable bonds is 5. The van der Waals surface area contributed by atoms with Gasteiger partial charge in [-0.3, -0.25) is 4.79 Å². The van der Waals surface area contributed by atoms with Crippen molar-refractivity contribution in [3.63, 3.8) is 0 Å². The highest BCUT2D eigenvalue weighted by Gasteiger charge is 2.22. The number of carbonyl (C=O) groups is 1. The number of hydrogen-bond donors (Lipinski definition) is 2. The van der Waals surface area contributed by atoms with E-state index in [-0.39, 0.29) is 18.5 Å². The van der Waals surface area contributed by atoms with Crippen molar-refractivity contribution >= 4 is 5.97 Å². The Morgan fingerprint density at radius 2 is 2.33 bits per heavy atom. The lowest BCUT2D eigenvalue weighted by Gasteiger charge is -2.29. The molecule has 2 unspecified atom stereocenters. The molecule has 0 saturated heterocycles. The highest BCUT2D eigenvalue weighted by atomic mass is 16.5. The van der Waals surface area contributed by atoms with E-state index in [1.807, 2.05) is 25.1 Å². The van der Waals surface area contributed by atoms with Gasteiger partial charge in [0.05, 0.1) is 6.61 Å². The fourth-order valence-corrected chi connectivity index (χ4v) is 2.28. The maximum atomic E-state index is 10.5. The Hall–Kier alpha value is -1.55. The largest absolute Gasteiger partial charge is 0.493 e. The van der Waals surface area contributed by atoms with Crippen LogP contribution in [0, 0.1) is 0 Å². The summed E-state index contributed by atoms with van der Waals surface area (Å²) in [5, 5.41) is 12.2. The Morgan fingerprint density at radius 1 is 1.56 bits per heavy atom. The Labute approximate surface area is 107 Å². The van der Waals surface area contributed by atoms with Gasteiger partial charge >= 0.3 is 5.97 Å². The molecule has 1 aliphatic rings. The van der Waals surface area contributed by atoms with Crippen LogP contribution in [0.4, 0.5) is 0 Å². The molecule has 0 aromatic heterocycles. The molecule has 18 heavy (non-hydrogen) atoms. The van der Waals surface area contributed by atoms with E-state index in [1.54, 1.807) is 0 Å². The molecule has 2 rings (SSSR count). The molecule has 2 N–H and O–H groups in total. The first-order valence-corrected chi connectivity index (χ1v) is 6.36. The first kappa shape index (κ1) is 12.9. The Bertz CT molecular complexity index is 419. The minimum atomic E-state index is -0.740. The number of hydrogen-bond acceptors (Lipinski definition) is 3. The van der Waals surface area contributed by atoms with Crippen molar-refractivity contribution in [3.8, 4) is 5.75 Å². The molecule has 1 heterocycles. The number of carboxylic acids is 1. The minimum absolute atomic E-state index is 0.192. The molecule has 4 heteroatoms. The van der Waals surface area contributed by atoms with Crippen molar-refractivity contribution < 1.29 is 14.6 Å². The third-order valence-electron chi connectivity index (χ3n) is 3.24. The summed E-state index contributed by atoms with van der Waals surface area (Å²) >= 11 is 0. The van der Waals surface area contributed by atoms with Gasteiger partial charge in [0, 0.05) is 30.5 Å². The highest BCUT2D eigenvalue weighted by Crippen LogP contribution is 2.31. The molecule has 2 atom stereocenters. The number of benzene rings is 1. The summed E-state index contributed by atoms with van der Waals surface area (Å²) in [5.41, 5.74) is 1.17. The van der Waals surface area contributed by atoms with Gasteiger partial charge in [0.15, 0.2) is 0 Å². The van der Waals surface area contributed by atoms with Crippen LogP contribution in [0.15, 0.2) is 24.3 Å². The van der Waals surface area contributed by atoms with E-state index >= 15 is 0 Å². The van der Waals surface area contributed by atoms with Crippen molar-refractivity contribution in [1.29, 1.82) is 0 Å². The van der Waals surface area contributed by atoms with Gasteiger partial charge in [-0.05, 0) is 19.4 Å². The molecular formula is C14H19NO3. The standard InChI is InChI=1S/C14H19NO3/c1-10(6-7-14(16)17)15-12-8-9-18-13-5-3-2-4-11(12)13/h2-5,10,12,15H,6-9H2,1H3,(H,16,17). The molecule has 0 aliphatic carbocycles.